The Hall–Kier alpha value is -2.33. The molecule has 4 rings (SSSR count). The molecule has 3 heterocycles. The zero-order chi connectivity index (χ0) is 15.5. The highest BCUT2D eigenvalue weighted by Gasteiger charge is 2.28. The maximum atomic E-state index is 5.62. The highest BCUT2D eigenvalue weighted by atomic mass is 16.3. The Morgan fingerprint density at radius 3 is 2.83 bits per heavy atom. The Morgan fingerprint density at radius 2 is 2.00 bits per heavy atom. The van der Waals surface area contributed by atoms with Crippen LogP contribution < -0.4 is 0 Å². The number of nitrogens with zero attached hydrogens (tertiary/aromatic N) is 3. The summed E-state index contributed by atoms with van der Waals surface area (Å²) in [6.45, 7) is 2.84. The Labute approximate surface area is 136 Å². The number of imidazole rings is 1. The van der Waals surface area contributed by atoms with Crippen LogP contribution in [0.5, 0.6) is 0 Å². The molecule has 4 heteroatoms. The largest absolute Gasteiger partial charge is 0.468 e. The number of rotatable bonds is 5. The van der Waals surface area contributed by atoms with Crippen LogP contribution in [-0.4, -0.2) is 21.0 Å². The molecule has 1 aliphatic heterocycles. The van der Waals surface area contributed by atoms with Gasteiger partial charge < -0.3 is 8.98 Å². The molecule has 2 aromatic heterocycles. The molecule has 118 valence electrons. The van der Waals surface area contributed by atoms with E-state index >= 15 is 0 Å². The van der Waals surface area contributed by atoms with Crippen molar-refractivity contribution in [1.82, 2.24) is 14.5 Å². The molecular formula is C19H21N3O. The number of hydrogen-bond acceptors (Lipinski definition) is 3. The first kappa shape index (κ1) is 14.3. The van der Waals surface area contributed by atoms with Gasteiger partial charge in [0, 0.05) is 18.9 Å². The smallest absolute Gasteiger partial charge is 0.123 e. The van der Waals surface area contributed by atoms with Crippen molar-refractivity contribution in [2.24, 2.45) is 0 Å². The van der Waals surface area contributed by atoms with Crippen molar-refractivity contribution < 1.29 is 4.42 Å². The molecule has 1 saturated heterocycles. The third-order valence-electron chi connectivity index (χ3n) is 4.58. The van der Waals surface area contributed by atoms with E-state index in [1.807, 2.05) is 12.3 Å². The summed E-state index contributed by atoms with van der Waals surface area (Å²) in [7, 11) is 0. The summed E-state index contributed by atoms with van der Waals surface area (Å²) in [5.41, 5.74) is 1.30. The molecule has 0 bridgehead atoms. The maximum Gasteiger partial charge on any atom is 0.123 e. The van der Waals surface area contributed by atoms with Crippen molar-refractivity contribution in [1.29, 1.82) is 0 Å². The van der Waals surface area contributed by atoms with Gasteiger partial charge in [-0.3, -0.25) is 4.90 Å². The van der Waals surface area contributed by atoms with E-state index in [9.17, 15) is 0 Å². The van der Waals surface area contributed by atoms with Crippen LogP contribution in [0, 0.1) is 0 Å². The van der Waals surface area contributed by atoms with Crippen LogP contribution in [0.4, 0.5) is 0 Å². The number of hydrogen-bond donors (Lipinski definition) is 0. The average Bonchev–Trinajstić information content (AvgIpc) is 3.31. The highest BCUT2D eigenvalue weighted by molar-refractivity contribution is 5.16. The first-order valence-electron chi connectivity index (χ1n) is 8.21. The van der Waals surface area contributed by atoms with E-state index in [0.29, 0.717) is 6.04 Å². The molecule has 0 N–H and O–H groups in total. The first-order chi connectivity index (χ1) is 11.4. The lowest BCUT2D eigenvalue weighted by molar-refractivity contribution is 0.213. The second kappa shape index (κ2) is 6.42. The van der Waals surface area contributed by atoms with Crippen LogP contribution in [0.25, 0.3) is 0 Å². The minimum absolute atomic E-state index is 0.381. The van der Waals surface area contributed by atoms with Crippen molar-refractivity contribution in [2.75, 3.05) is 6.54 Å². The fraction of sp³-hybridized carbons (Fsp3) is 0.316. The van der Waals surface area contributed by atoms with E-state index in [4.69, 9.17) is 4.42 Å². The van der Waals surface area contributed by atoms with Crippen molar-refractivity contribution in [2.45, 2.75) is 32.0 Å². The average molecular weight is 307 g/mol. The Balaban J connectivity index is 1.50. The normalized spacial score (nSPS) is 18.5. The minimum Gasteiger partial charge on any atom is -0.468 e. The summed E-state index contributed by atoms with van der Waals surface area (Å²) in [4.78, 5) is 7.06. The van der Waals surface area contributed by atoms with Crippen LogP contribution in [-0.2, 0) is 13.1 Å². The summed E-state index contributed by atoms with van der Waals surface area (Å²) in [5, 5.41) is 0. The van der Waals surface area contributed by atoms with E-state index in [1.54, 1.807) is 6.26 Å². The predicted molar refractivity (Wildman–Crippen MR) is 88.9 cm³/mol. The molecule has 4 nitrogen and oxygen atoms in total. The number of likely N-dealkylation sites (tertiary alicyclic amines) is 1. The lowest BCUT2D eigenvalue weighted by Crippen LogP contribution is -2.24. The summed E-state index contributed by atoms with van der Waals surface area (Å²) in [6.07, 6.45) is 8.11. The fourth-order valence-corrected chi connectivity index (χ4v) is 3.42. The first-order valence-corrected chi connectivity index (χ1v) is 8.21. The number of aromatic nitrogens is 2. The van der Waals surface area contributed by atoms with Gasteiger partial charge in [-0.15, -0.1) is 0 Å². The zero-order valence-corrected chi connectivity index (χ0v) is 13.1. The zero-order valence-electron chi connectivity index (χ0n) is 13.1. The van der Waals surface area contributed by atoms with Crippen molar-refractivity contribution in [3.63, 3.8) is 0 Å². The molecule has 1 aromatic carbocycles. The standard InChI is InChI=1S/C19H21N3O/c1-2-6-16(7-3-1)14-22-12-10-20-19(22)15-21-11-4-8-17(21)18-9-5-13-23-18/h1-3,5-7,9-10,12-13,17H,4,8,11,14-15H2/t17-/m1/s1. The summed E-state index contributed by atoms with van der Waals surface area (Å²) >= 11 is 0. The quantitative estimate of drug-likeness (QED) is 0.718. The molecule has 0 unspecified atom stereocenters. The summed E-state index contributed by atoms with van der Waals surface area (Å²) in [5.74, 6) is 2.19. The molecule has 1 fully saturated rings. The van der Waals surface area contributed by atoms with Gasteiger partial charge in [-0.2, -0.15) is 0 Å². The second-order valence-corrected chi connectivity index (χ2v) is 6.10. The topological polar surface area (TPSA) is 34.2 Å². The van der Waals surface area contributed by atoms with Gasteiger partial charge in [-0.25, -0.2) is 4.98 Å². The summed E-state index contributed by atoms with van der Waals surface area (Å²) in [6, 6.07) is 15.0. The van der Waals surface area contributed by atoms with Crippen molar-refractivity contribution in [3.8, 4) is 0 Å². The van der Waals surface area contributed by atoms with Gasteiger partial charge in [0.1, 0.15) is 11.6 Å². The van der Waals surface area contributed by atoms with Crippen molar-refractivity contribution in [3.05, 3.63) is 78.3 Å². The molecule has 3 aromatic rings. The van der Waals surface area contributed by atoms with E-state index in [2.05, 4.69) is 57.0 Å². The minimum atomic E-state index is 0.381. The third-order valence-corrected chi connectivity index (χ3v) is 4.58. The molecule has 1 aliphatic rings. The Kier molecular flexibility index (Phi) is 3.99. The third kappa shape index (κ3) is 3.08. The van der Waals surface area contributed by atoms with Gasteiger partial charge in [0.15, 0.2) is 0 Å². The molecular weight excluding hydrogens is 286 g/mol. The van der Waals surface area contributed by atoms with Crippen molar-refractivity contribution >= 4 is 0 Å². The summed E-state index contributed by atoms with van der Waals surface area (Å²) < 4.78 is 7.87. The van der Waals surface area contributed by atoms with Gasteiger partial charge in [-0.1, -0.05) is 30.3 Å². The molecule has 1 atom stereocenters. The van der Waals surface area contributed by atoms with Gasteiger partial charge in [0.05, 0.1) is 18.8 Å². The Morgan fingerprint density at radius 1 is 1.09 bits per heavy atom. The Bertz CT molecular complexity index is 733. The molecule has 0 aliphatic carbocycles. The molecule has 0 radical (unpaired) electrons. The van der Waals surface area contributed by atoms with Gasteiger partial charge in [-0.05, 0) is 37.1 Å². The fourth-order valence-electron chi connectivity index (χ4n) is 3.42. The molecule has 0 spiro atoms. The molecule has 23 heavy (non-hydrogen) atoms. The lowest BCUT2D eigenvalue weighted by atomic mass is 10.1. The van der Waals surface area contributed by atoms with Crippen LogP contribution in [0.1, 0.15) is 36.0 Å². The van der Waals surface area contributed by atoms with E-state index in [0.717, 1.165) is 37.6 Å². The van der Waals surface area contributed by atoms with E-state index < -0.39 is 0 Å². The monoisotopic (exact) mass is 307 g/mol. The highest BCUT2D eigenvalue weighted by Crippen LogP contribution is 2.33. The van der Waals surface area contributed by atoms with Crippen LogP contribution >= 0.6 is 0 Å². The van der Waals surface area contributed by atoms with Crippen LogP contribution in [0.2, 0.25) is 0 Å². The molecule has 0 amide bonds. The lowest BCUT2D eigenvalue weighted by Gasteiger charge is -2.22. The number of benzene rings is 1. The van der Waals surface area contributed by atoms with E-state index in [-0.39, 0.29) is 0 Å². The molecule has 0 saturated carbocycles. The van der Waals surface area contributed by atoms with Gasteiger partial charge >= 0.3 is 0 Å². The van der Waals surface area contributed by atoms with Crippen LogP contribution in [0.15, 0.2) is 65.5 Å². The van der Waals surface area contributed by atoms with E-state index in [1.165, 1.54) is 12.0 Å². The predicted octanol–water partition coefficient (Wildman–Crippen LogP) is 3.86. The SMILES string of the molecule is c1ccc(Cn2ccnc2CN2CCC[C@@H]2c2ccco2)cc1. The van der Waals surface area contributed by atoms with Gasteiger partial charge in [0.2, 0.25) is 0 Å². The van der Waals surface area contributed by atoms with Gasteiger partial charge in [0.25, 0.3) is 0 Å². The second-order valence-electron chi connectivity index (χ2n) is 6.10. The number of furan rings is 1. The van der Waals surface area contributed by atoms with Crippen LogP contribution in [0.3, 0.4) is 0 Å². The maximum absolute atomic E-state index is 5.62.